The molecule has 1 aliphatic heterocycles. The maximum atomic E-state index is 13.2. The van der Waals surface area contributed by atoms with Crippen LogP contribution in [0.2, 0.25) is 0 Å². The zero-order chi connectivity index (χ0) is 22.3. The number of hydrogen-bond acceptors (Lipinski definition) is 6. The molecule has 3 aromatic heterocycles. The third kappa shape index (κ3) is 3.83. The lowest BCUT2D eigenvalue weighted by Gasteiger charge is -2.37. The minimum absolute atomic E-state index is 0.128. The lowest BCUT2D eigenvalue weighted by atomic mass is 9.72. The van der Waals surface area contributed by atoms with Gasteiger partial charge in [0.2, 0.25) is 5.95 Å². The van der Waals surface area contributed by atoms with E-state index >= 15 is 0 Å². The fourth-order valence-corrected chi connectivity index (χ4v) is 6.30. The number of amides is 1. The van der Waals surface area contributed by atoms with Crippen molar-refractivity contribution in [3.8, 4) is 10.4 Å². The molecule has 1 saturated heterocycles. The minimum atomic E-state index is -0.128. The molecule has 168 valence electrons. The van der Waals surface area contributed by atoms with Crippen LogP contribution in [0.25, 0.3) is 21.5 Å². The minimum Gasteiger partial charge on any atom is -0.316 e. The van der Waals surface area contributed by atoms with Gasteiger partial charge in [0.1, 0.15) is 0 Å². The standard InChI is InChI=1S/C25H26N6OS/c32-23(22-6-5-21(33-22)17-9-13-27-28-15-17)30-24-29-19-3-1-2-4-20(19)31(24)18-7-10-25(11-8-18)12-14-26-16-25/h1-6,9,13,15,18,26H,7-8,10-12,14,16H2,(H,29,30,32). The van der Waals surface area contributed by atoms with Crippen LogP contribution in [0.4, 0.5) is 5.95 Å². The third-order valence-corrected chi connectivity index (χ3v) is 8.37. The smallest absolute Gasteiger partial charge is 0.268 e. The van der Waals surface area contributed by atoms with E-state index in [4.69, 9.17) is 4.98 Å². The Balaban J connectivity index is 1.27. The van der Waals surface area contributed by atoms with Gasteiger partial charge in [-0.05, 0) is 74.4 Å². The molecule has 0 bridgehead atoms. The summed E-state index contributed by atoms with van der Waals surface area (Å²) in [5.41, 5.74) is 3.43. The molecular weight excluding hydrogens is 432 g/mol. The van der Waals surface area contributed by atoms with Crippen LogP contribution in [0.1, 0.15) is 47.8 Å². The Kier molecular flexibility index (Phi) is 5.19. The molecule has 0 unspecified atom stereocenters. The van der Waals surface area contributed by atoms with E-state index in [2.05, 4.69) is 31.5 Å². The van der Waals surface area contributed by atoms with Crippen LogP contribution in [-0.2, 0) is 0 Å². The first-order valence-corrected chi connectivity index (χ1v) is 12.4. The van der Waals surface area contributed by atoms with E-state index < -0.39 is 0 Å². The molecule has 4 aromatic rings. The highest BCUT2D eigenvalue weighted by Crippen LogP contribution is 2.46. The molecule has 1 saturated carbocycles. The summed E-state index contributed by atoms with van der Waals surface area (Å²) in [7, 11) is 0. The van der Waals surface area contributed by atoms with E-state index in [-0.39, 0.29) is 5.91 Å². The van der Waals surface area contributed by atoms with Crippen molar-refractivity contribution in [3.63, 3.8) is 0 Å². The highest BCUT2D eigenvalue weighted by Gasteiger charge is 2.38. The van der Waals surface area contributed by atoms with Gasteiger partial charge in [0, 0.05) is 23.0 Å². The summed E-state index contributed by atoms with van der Waals surface area (Å²) in [5.74, 6) is 0.518. The molecule has 0 radical (unpaired) electrons. The Bertz CT molecular complexity index is 1280. The van der Waals surface area contributed by atoms with Crippen molar-refractivity contribution in [2.45, 2.75) is 38.1 Å². The maximum absolute atomic E-state index is 13.2. The van der Waals surface area contributed by atoms with Crippen LogP contribution in [-0.4, -0.2) is 38.7 Å². The number of fused-ring (bicyclic) bond motifs is 1. The van der Waals surface area contributed by atoms with Crippen molar-refractivity contribution < 1.29 is 4.79 Å². The van der Waals surface area contributed by atoms with Gasteiger partial charge in [-0.3, -0.25) is 10.1 Å². The van der Waals surface area contributed by atoms with Crippen molar-refractivity contribution in [1.29, 1.82) is 0 Å². The van der Waals surface area contributed by atoms with Gasteiger partial charge >= 0.3 is 0 Å². The van der Waals surface area contributed by atoms with Crippen LogP contribution >= 0.6 is 11.3 Å². The molecule has 0 atom stereocenters. The van der Waals surface area contributed by atoms with Gasteiger partial charge in [0.05, 0.1) is 28.3 Å². The molecule has 4 heterocycles. The van der Waals surface area contributed by atoms with E-state index in [0.29, 0.717) is 22.3 Å². The molecule has 1 aliphatic carbocycles. The SMILES string of the molecule is O=C(Nc1nc2ccccc2n1C1CCC2(CCNC2)CC1)c1ccc(-c2ccnnc2)s1. The fraction of sp³-hybridized carbons (Fsp3) is 0.360. The van der Waals surface area contributed by atoms with Crippen molar-refractivity contribution in [2.24, 2.45) is 5.41 Å². The van der Waals surface area contributed by atoms with Crippen LogP contribution in [0.3, 0.4) is 0 Å². The van der Waals surface area contributed by atoms with Gasteiger partial charge in [-0.15, -0.1) is 11.3 Å². The maximum Gasteiger partial charge on any atom is 0.268 e. The summed E-state index contributed by atoms with van der Waals surface area (Å²) in [4.78, 5) is 19.6. The predicted molar refractivity (Wildman–Crippen MR) is 130 cm³/mol. The molecule has 6 rings (SSSR count). The highest BCUT2D eigenvalue weighted by molar-refractivity contribution is 7.17. The summed E-state index contributed by atoms with van der Waals surface area (Å²) >= 11 is 1.45. The Morgan fingerprint density at radius 3 is 2.76 bits per heavy atom. The zero-order valence-electron chi connectivity index (χ0n) is 18.3. The zero-order valence-corrected chi connectivity index (χ0v) is 19.1. The predicted octanol–water partition coefficient (Wildman–Crippen LogP) is 4.90. The highest BCUT2D eigenvalue weighted by atomic mass is 32.1. The Labute approximate surface area is 196 Å². The van der Waals surface area contributed by atoms with Gasteiger partial charge in [0.25, 0.3) is 5.91 Å². The normalized spacial score (nSPS) is 22.7. The topological polar surface area (TPSA) is 84.7 Å². The first-order chi connectivity index (χ1) is 16.2. The Hall–Kier alpha value is -3.10. The lowest BCUT2D eigenvalue weighted by Crippen LogP contribution is -2.31. The quantitative estimate of drug-likeness (QED) is 0.454. The largest absolute Gasteiger partial charge is 0.316 e. The van der Waals surface area contributed by atoms with Crippen molar-refractivity contribution in [2.75, 3.05) is 18.4 Å². The molecule has 33 heavy (non-hydrogen) atoms. The number of imidazole rings is 1. The number of aromatic nitrogens is 4. The molecule has 2 N–H and O–H groups in total. The van der Waals surface area contributed by atoms with Gasteiger partial charge in [-0.2, -0.15) is 10.2 Å². The molecule has 1 aromatic carbocycles. The summed E-state index contributed by atoms with van der Waals surface area (Å²) in [6.45, 7) is 2.28. The van der Waals surface area contributed by atoms with E-state index in [9.17, 15) is 4.79 Å². The van der Waals surface area contributed by atoms with Crippen molar-refractivity contribution in [3.05, 3.63) is 59.7 Å². The van der Waals surface area contributed by atoms with Crippen molar-refractivity contribution in [1.82, 2.24) is 25.1 Å². The number of rotatable bonds is 4. The third-order valence-electron chi connectivity index (χ3n) is 7.23. The summed E-state index contributed by atoms with van der Waals surface area (Å²) in [6, 6.07) is 14.2. The fourth-order valence-electron chi connectivity index (χ4n) is 5.41. The summed E-state index contributed by atoms with van der Waals surface area (Å²) in [5, 5.41) is 14.4. The second-order valence-corrected chi connectivity index (χ2v) is 10.3. The molecule has 2 fully saturated rings. The molecule has 1 amide bonds. The molecule has 1 spiro atoms. The van der Waals surface area contributed by atoms with Crippen LogP contribution in [0, 0.1) is 5.41 Å². The second-order valence-electron chi connectivity index (χ2n) is 9.20. The number of thiophene rings is 1. The summed E-state index contributed by atoms with van der Waals surface area (Å²) < 4.78 is 2.27. The molecular formula is C25H26N6OS. The lowest BCUT2D eigenvalue weighted by molar-refractivity contribution is 0.102. The van der Waals surface area contributed by atoms with E-state index in [1.807, 2.05) is 36.4 Å². The average Bonchev–Trinajstić information content (AvgIpc) is 3.59. The monoisotopic (exact) mass is 458 g/mol. The first kappa shape index (κ1) is 20.5. The Morgan fingerprint density at radius 1 is 1.09 bits per heavy atom. The van der Waals surface area contributed by atoms with Crippen LogP contribution in [0.5, 0.6) is 0 Å². The number of anilines is 1. The van der Waals surface area contributed by atoms with E-state index in [1.165, 1.54) is 30.6 Å². The van der Waals surface area contributed by atoms with Gasteiger partial charge < -0.3 is 9.88 Å². The van der Waals surface area contributed by atoms with Crippen molar-refractivity contribution >= 4 is 34.2 Å². The van der Waals surface area contributed by atoms with E-state index in [1.54, 1.807) is 12.4 Å². The average molecular weight is 459 g/mol. The van der Waals surface area contributed by atoms with Gasteiger partial charge in [-0.25, -0.2) is 4.98 Å². The number of nitrogens with zero attached hydrogens (tertiary/aromatic N) is 4. The van der Waals surface area contributed by atoms with Crippen LogP contribution in [0.15, 0.2) is 54.9 Å². The second kappa shape index (κ2) is 8.35. The number of nitrogens with one attached hydrogen (secondary N) is 2. The Morgan fingerprint density at radius 2 is 1.97 bits per heavy atom. The number of carbonyl (C=O) groups is 1. The van der Waals surface area contributed by atoms with Crippen LogP contribution < -0.4 is 10.6 Å². The van der Waals surface area contributed by atoms with E-state index in [0.717, 1.165) is 47.4 Å². The first-order valence-electron chi connectivity index (χ1n) is 11.6. The van der Waals surface area contributed by atoms with Gasteiger partial charge in [-0.1, -0.05) is 12.1 Å². The number of carbonyl (C=O) groups excluding carboxylic acids is 1. The number of hydrogen-bond donors (Lipinski definition) is 2. The van der Waals surface area contributed by atoms with Gasteiger partial charge in [0.15, 0.2) is 0 Å². The molecule has 2 aliphatic rings. The number of benzene rings is 1. The molecule has 7 nitrogen and oxygen atoms in total. The summed E-state index contributed by atoms with van der Waals surface area (Å²) in [6.07, 6.45) is 9.32. The number of para-hydroxylation sites is 2. The molecule has 8 heteroatoms.